The largest absolute Gasteiger partial charge is 0.444 e. The highest BCUT2D eigenvalue weighted by molar-refractivity contribution is 5.81. The van der Waals surface area contributed by atoms with Gasteiger partial charge in [-0.15, -0.1) is 5.10 Å². The summed E-state index contributed by atoms with van der Waals surface area (Å²) in [6.45, 7) is 7.66. The smallest absolute Gasteiger partial charge is 0.410 e. The first-order valence-electron chi connectivity index (χ1n) is 10.7. The molecule has 2 heterocycles. The van der Waals surface area contributed by atoms with Crippen LogP contribution in [0.15, 0.2) is 24.3 Å². The predicted molar refractivity (Wildman–Crippen MR) is 114 cm³/mol. The molecule has 1 aliphatic heterocycles. The average molecular weight is 428 g/mol. The number of rotatable bonds is 5. The second-order valence-electron chi connectivity index (χ2n) is 8.96. The molecule has 0 spiro atoms. The van der Waals surface area contributed by atoms with Crippen LogP contribution in [0, 0.1) is 0 Å². The van der Waals surface area contributed by atoms with Gasteiger partial charge in [0.25, 0.3) is 0 Å². The van der Waals surface area contributed by atoms with Crippen LogP contribution in [0.3, 0.4) is 0 Å². The van der Waals surface area contributed by atoms with Gasteiger partial charge in [-0.2, -0.15) is 0 Å². The summed E-state index contributed by atoms with van der Waals surface area (Å²) in [5, 5.41) is 15.3. The molecule has 0 bridgehead atoms. The summed E-state index contributed by atoms with van der Waals surface area (Å²) in [4.78, 5) is 28.2. The van der Waals surface area contributed by atoms with Gasteiger partial charge in [0.15, 0.2) is 5.82 Å². The number of benzene rings is 1. The van der Waals surface area contributed by atoms with Crippen LogP contribution in [-0.2, 0) is 9.53 Å². The molecule has 2 fully saturated rings. The zero-order valence-electron chi connectivity index (χ0n) is 18.2. The Morgan fingerprint density at radius 2 is 1.84 bits per heavy atom. The molecule has 1 aromatic carbocycles. The number of nitrogens with zero attached hydrogens (tertiary/aromatic N) is 6. The maximum atomic E-state index is 12.6. The van der Waals surface area contributed by atoms with E-state index in [9.17, 15) is 9.59 Å². The van der Waals surface area contributed by atoms with E-state index in [-0.39, 0.29) is 18.5 Å². The van der Waals surface area contributed by atoms with Crippen molar-refractivity contribution in [2.45, 2.75) is 45.3 Å². The van der Waals surface area contributed by atoms with Gasteiger partial charge in [0.1, 0.15) is 5.60 Å². The molecule has 0 radical (unpaired) electrons. The monoisotopic (exact) mass is 427 g/mol. The lowest BCUT2D eigenvalue weighted by Gasteiger charge is -2.35. The Hall–Kier alpha value is -3.17. The molecule has 0 atom stereocenters. The van der Waals surface area contributed by atoms with Crippen LogP contribution in [0.2, 0.25) is 0 Å². The third-order valence-corrected chi connectivity index (χ3v) is 5.23. The second kappa shape index (κ2) is 8.52. The lowest BCUT2D eigenvalue weighted by molar-refractivity contribution is -0.131. The molecular formula is C21H29N7O3. The fourth-order valence-electron chi connectivity index (χ4n) is 3.47. The van der Waals surface area contributed by atoms with Crippen LogP contribution in [0.4, 0.5) is 10.5 Å². The van der Waals surface area contributed by atoms with E-state index in [1.54, 1.807) is 9.80 Å². The molecule has 10 heteroatoms. The van der Waals surface area contributed by atoms with Gasteiger partial charge in [-0.1, -0.05) is 12.1 Å². The fourth-order valence-corrected chi connectivity index (χ4v) is 3.47. The molecular weight excluding hydrogens is 398 g/mol. The zero-order valence-corrected chi connectivity index (χ0v) is 18.2. The van der Waals surface area contributed by atoms with Crippen LogP contribution >= 0.6 is 0 Å². The molecule has 2 amide bonds. The van der Waals surface area contributed by atoms with E-state index in [2.05, 4.69) is 20.8 Å². The molecule has 1 aliphatic carbocycles. The molecule has 1 aromatic heterocycles. The van der Waals surface area contributed by atoms with Gasteiger partial charge < -0.3 is 19.9 Å². The van der Waals surface area contributed by atoms with Crippen molar-refractivity contribution >= 4 is 17.7 Å². The highest BCUT2D eigenvalue weighted by Gasteiger charge is 2.29. The Kier molecular flexibility index (Phi) is 5.79. The maximum Gasteiger partial charge on any atom is 0.410 e. The Morgan fingerprint density at radius 3 is 2.52 bits per heavy atom. The molecule has 31 heavy (non-hydrogen) atoms. The minimum atomic E-state index is -0.523. The quantitative estimate of drug-likeness (QED) is 0.779. The number of amides is 2. The summed E-state index contributed by atoms with van der Waals surface area (Å²) in [5.74, 6) is 0.743. The number of aromatic nitrogens is 4. The van der Waals surface area contributed by atoms with Gasteiger partial charge in [-0.05, 0) is 56.2 Å². The Bertz CT molecular complexity index is 940. The standard InChI is InChI=1S/C21H29N7O3/c1-21(2,3)31-20(30)27-11-9-26(10-12-27)18(29)14-22-16-6-4-5-15(13-16)19-23-24-25-28(19)17-7-8-17/h4-6,13,17,22H,7-12,14H2,1-3H3. The second-order valence-corrected chi connectivity index (χ2v) is 8.96. The number of hydrogen-bond acceptors (Lipinski definition) is 7. The number of tetrazole rings is 1. The van der Waals surface area contributed by atoms with Crippen molar-refractivity contribution in [3.8, 4) is 11.4 Å². The van der Waals surface area contributed by atoms with Gasteiger partial charge in [-0.3, -0.25) is 4.79 Å². The van der Waals surface area contributed by atoms with Gasteiger partial charge in [0, 0.05) is 37.4 Å². The number of carbonyl (C=O) groups is 2. The number of nitrogens with one attached hydrogen (secondary N) is 1. The van der Waals surface area contributed by atoms with Crippen molar-refractivity contribution in [1.82, 2.24) is 30.0 Å². The minimum Gasteiger partial charge on any atom is -0.444 e. The van der Waals surface area contributed by atoms with Crippen LogP contribution in [0.1, 0.15) is 39.7 Å². The van der Waals surface area contributed by atoms with E-state index in [1.807, 2.05) is 49.7 Å². The predicted octanol–water partition coefficient (Wildman–Crippen LogP) is 2.17. The summed E-state index contributed by atoms with van der Waals surface area (Å²) in [5.41, 5.74) is 1.23. The lowest BCUT2D eigenvalue weighted by Crippen LogP contribution is -2.52. The fraction of sp³-hybridized carbons (Fsp3) is 0.571. The molecule has 10 nitrogen and oxygen atoms in total. The summed E-state index contributed by atoms with van der Waals surface area (Å²) in [6.07, 6.45) is 1.88. The van der Waals surface area contributed by atoms with Crippen LogP contribution in [0.5, 0.6) is 0 Å². The molecule has 2 aromatic rings. The number of anilines is 1. The first-order chi connectivity index (χ1) is 14.8. The van der Waals surface area contributed by atoms with Crippen molar-refractivity contribution in [2.75, 3.05) is 38.0 Å². The van der Waals surface area contributed by atoms with Crippen molar-refractivity contribution in [1.29, 1.82) is 0 Å². The van der Waals surface area contributed by atoms with E-state index >= 15 is 0 Å². The molecule has 1 saturated carbocycles. The number of piperazine rings is 1. The van der Waals surface area contributed by atoms with Gasteiger partial charge >= 0.3 is 6.09 Å². The van der Waals surface area contributed by atoms with Crippen LogP contribution in [-0.4, -0.2) is 80.3 Å². The lowest BCUT2D eigenvalue weighted by atomic mass is 10.2. The Balaban J connectivity index is 1.29. The van der Waals surface area contributed by atoms with Gasteiger partial charge in [-0.25, -0.2) is 9.48 Å². The molecule has 166 valence electrons. The summed E-state index contributed by atoms with van der Waals surface area (Å²) in [6, 6.07) is 8.16. The zero-order chi connectivity index (χ0) is 22.0. The topological polar surface area (TPSA) is 105 Å². The molecule has 2 aliphatic rings. The minimum absolute atomic E-state index is 0.00273. The van der Waals surface area contributed by atoms with E-state index in [1.165, 1.54) is 0 Å². The van der Waals surface area contributed by atoms with E-state index in [0.717, 1.165) is 29.9 Å². The van der Waals surface area contributed by atoms with Crippen molar-refractivity contribution < 1.29 is 14.3 Å². The Labute approximate surface area is 181 Å². The van der Waals surface area contributed by atoms with Crippen molar-refractivity contribution in [3.63, 3.8) is 0 Å². The van der Waals surface area contributed by atoms with Crippen molar-refractivity contribution in [3.05, 3.63) is 24.3 Å². The van der Waals surface area contributed by atoms with Crippen molar-refractivity contribution in [2.24, 2.45) is 0 Å². The number of carbonyl (C=O) groups excluding carboxylic acids is 2. The average Bonchev–Trinajstić information content (AvgIpc) is 3.47. The molecule has 1 saturated heterocycles. The normalized spacial score (nSPS) is 16.9. The molecule has 4 rings (SSSR count). The maximum absolute atomic E-state index is 12.6. The van der Waals surface area contributed by atoms with Crippen LogP contribution in [0.25, 0.3) is 11.4 Å². The van der Waals surface area contributed by atoms with E-state index in [0.29, 0.717) is 32.2 Å². The third kappa shape index (κ3) is 5.31. The highest BCUT2D eigenvalue weighted by atomic mass is 16.6. The van der Waals surface area contributed by atoms with Gasteiger partial charge in [0.05, 0.1) is 12.6 Å². The summed E-state index contributed by atoms with van der Waals surface area (Å²) < 4.78 is 7.27. The number of ether oxygens (including phenoxy) is 1. The number of hydrogen-bond donors (Lipinski definition) is 1. The first kappa shape index (κ1) is 21.1. The summed E-state index contributed by atoms with van der Waals surface area (Å²) >= 11 is 0. The molecule has 0 unspecified atom stereocenters. The first-order valence-corrected chi connectivity index (χ1v) is 10.7. The van der Waals surface area contributed by atoms with Gasteiger partial charge in [0.2, 0.25) is 5.91 Å². The SMILES string of the molecule is CC(C)(C)OC(=O)N1CCN(C(=O)CNc2cccc(-c3nnnn3C3CC3)c2)CC1. The highest BCUT2D eigenvalue weighted by Crippen LogP contribution is 2.36. The van der Waals surface area contributed by atoms with E-state index < -0.39 is 5.60 Å². The van der Waals surface area contributed by atoms with E-state index in [4.69, 9.17) is 4.74 Å². The Morgan fingerprint density at radius 1 is 1.13 bits per heavy atom. The summed E-state index contributed by atoms with van der Waals surface area (Å²) in [7, 11) is 0. The van der Waals surface area contributed by atoms with Crippen LogP contribution < -0.4 is 5.32 Å². The third-order valence-electron chi connectivity index (χ3n) is 5.23. The molecule has 1 N–H and O–H groups in total.